The van der Waals surface area contributed by atoms with Crippen molar-refractivity contribution in [3.8, 4) is 0 Å². The van der Waals surface area contributed by atoms with Gasteiger partial charge in [-0.25, -0.2) is 4.98 Å². The summed E-state index contributed by atoms with van der Waals surface area (Å²) in [5, 5.41) is 9.30. The van der Waals surface area contributed by atoms with Gasteiger partial charge in [-0.05, 0) is 19.1 Å². The smallest absolute Gasteiger partial charge is 0.311 e. The van der Waals surface area contributed by atoms with Crippen molar-refractivity contribution in [2.75, 3.05) is 24.7 Å². The molecule has 0 bridgehead atoms. The fraction of sp³-hybridized carbons (Fsp3) is 0.400. The van der Waals surface area contributed by atoms with Crippen LogP contribution in [-0.2, 0) is 9.53 Å². The highest BCUT2D eigenvalue weighted by Gasteiger charge is 2.38. The Morgan fingerprint density at radius 2 is 2.14 bits per heavy atom. The Labute approximate surface area is 122 Å². The van der Waals surface area contributed by atoms with Crippen molar-refractivity contribution < 1.29 is 14.6 Å². The van der Waals surface area contributed by atoms with E-state index in [0.717, 1.165) is 11.0 Å². The molecule has 1 aliphatic heterocycles. The molecule has 2 atom stereocenters. The van der Waals surface area contributed by atoms with E-state index in [0.29, 0.717) is 19.0 Å². The van der Waals surface area contributed by atoms with E-state index in [2.05, 4.69) is 9.97 Å². The second-order valence-corrected chi connectivity index (χ2v) is 5.05. The Balaban J connectivity index is 1.95. The van der Waals surface area contributed by atoms with Gasteiger partial charge in [-0.2, -0.15) is 0 Å². The molecule has 0 aliphatic carbocycles. The molecule has 6 heteroatoms. The third kappa shape index (κ3) is 2.54. The molecule has 2 unspecified atom stereocenters. The minimum atomic E-state index is -0.829. The third-order valence-electron chi connectivity index (χ3n) is 3.84. The lowest BCUT2D eigenvalue weighted by molar-refractivity contribution is -0.141. The summed E-state index contributed by atoms with van der Waals surface area (Å²) >= 11 is 0. The number of fused-ring (bicyclic) bond motifs is 1. The van der Waals surface area contributed by atoms with Gasteiger partial charge in [0.25, 0.3) is 0 Å². The monoisotopic (exact) mass is 287 g/mol. The number of aromatic nitrogens is 2. The summed E-state index contributed by atoms with van der Waals surface area (Å²) < 4.78 is 5.35. The maximum atomic E-state index is 11.3. The molecule has 0 spiro atoms. The molecule has 1 aromatic heterocycles. The summed E-state index contributed by atoms with van der Waals surface area (Å²) in [6.07, 6.45) is 1.70. The number of aliphatic carboxylic acids is 1. The predicted molar refractivity (Wildman–Crippen MR) is 78.3 cm³/mol. The maximum Gasteiger partial charge on any atom is 0.311 e. The van der Waals surface area contributed by atoms with Crippen LogP contribution in [-0.4, -0.2) is 46.8 Å². The molecule has 1 aliphatic rings. The number of likely N-dealkylation sites (N-methyl/N-ethyl adjacent to an activating group) is 1. The van der Waals surface area contributed by atoms with E-state index in [1.54, 1.807) is 6.20 Å². The van der Waals surface area contributed by atoms with E-state index in [1.165, 1.54) is 0 Å². The lowest BCUT2D eigenvalue weighted by Crippen LogP contribution is -2.43. The van der Waals surface area contributed by atoms with Crippen molar-refractivity contribution in [1.29, 1.82) is 0 Å². The van der Waals surface area contributed by atoms with Gasteiger partial charge in [0.05, 0.1) is 36.5 Å². The number of carboxylic acid groups (broad SMARTS) is 1. The number of benzene rings is 1. The number of carbonyl (C=O) groups is 1. The number of ether oxygens (including phenoxy) is 1. The minimum Gasteiger partial charge on any atom is -0.481 e. The van der Waals surface area contributed by atoms with E-state index in [4.69, 9.17) is 4.74 Å². The van der Waals surface area contributed by atoms with Gasteiger partial charge in [-0.3, -0.25) is 9.78 Å². The molecule has 2 heterocycles. The third-order valence-corrected chi connectivity index (χ3v) is 3.84. The second kappa shape index (κ2) is 5.65. The molecule has 21 heavy (non-hydrogen) atoms. The molecule has 0 saturated carbocycles. The largest absolute Gasteiger partial charge is 0.481 e. The lowest BCUT2D eigenvalue weighted by Gasteiger charge is -2.30. The number of carboxylic acids is 1. The zero-order chi connectivity index (χ0) is 14.8. The molecule has 110 valence electrons. The van der Waals surface area contributed by atoms with Crippen molar-refractivity contribution >= 4 is 22.8 Å². The average Bonchev–Trinajstić information content (AvgIpc) is 2.97. The average molecular weight is 287 g/mol. The Morgan fingerprint density at radius 1 is 1.38 bits per heavy atom. The number of nitrogens with zero attached hydrogens (tertiary/aromatic N) is 3. The lowest BCUT2D eigenvalue weighted by atomic mass is 10.0. The molecule has 6 nitrogen and oxygen atoms in total. The van der Waals surface area contributed by atoms with Crippen LogP contribution in [0.2, 0.25) is 0 Å². The summed E-state index contributed by atoms with van der Waals surface area (Å²) in [6.45, 7) is 3.29. The molecule has 1 fully saturated rings. The molecular formula is C15H17N3O3. The number of para-hydroxylation sites is 2. The molecule has 1 N–H and O–H groups in total. The van der Waals surface area contributed by atoms with E-state index in [9.17, 15) is 9.90 Å². The van der Waals surface area contributed by atoms with E-state index in [1.807, 2.05) is 36.1 Å². The first-order chi connectivity index (χ1) is 10.2. The van der Waals surface area contributed by atoms with Crippen molar-refractivity contribution in [3.63, 3.8) is 0 Å². The van der Waals surface area contributed by atoms with Gasteiger partial charge in [0.1, 0.15) is 11.7 Å². The van der Waals surface area contributed by atoms with Gasteiger partial charge in [0, 0.05) is 6.54 Å². The van der Waals surface area contributed by atoms with E-state index < -0.39 is 11.9 Å². The summed E-state index contributed by atoms with van der Waals surface area (Å²) in [5.41, 5.74) is 1.63. The van der Waals surface area contributed by atoms with Crippen LogP contribution in [0, 0.1) is 5.92 Å². The highest BCUT2D eigenvalue weighted by atomic mass is 16.5. The van der Waals surface area contributed by atoms with Crippen molar-refractivity contribution in [2.45, 2.75) is 13.0 Å². The minimum absolute atomic E-state index is 0.206. The summed E-state index contributed by atoms with van der Waals surface area (Å²) in [7, 11) is 0. The van der Waals surface area contributed by atoms with Gasteiger partial charge in [-0.1, -0.05) is 12.1 Å². The fourth-order valence-corrected chi connectivity index (χ4v) is 2.74. The first kappa shape index (κ1) is 13.8. The summed E-state index contributed by atoms with van der Waals surface area (Å²) in [5.74, 6) is -0.666. The van der Waals surface area contributed by atoms with Crippen molar-refractivity contribution in [3.05, 3.63) is 30.5 Å². The van der Waals surface area contributed by atoms with Gasteiger partial charge >= 0.3 is 5.97 Å². The quantitative estimate of drug-likeness (QED) is 0.919. The van der Waals surface area contributed by atoms with E-state index in [-0.39, 0.29) is 12.6 Å². The number of hydrogen-bond acceptors (Lipinski definition) is 5. The Bertz CT molecular complexity index is 661. The fourth-order valence-electron chi connectivity index (χ4n) is 2.74. The standard InChI is InChI=1S/C15H17N3O3/c1-2-18(13-9-21-8-10(13)15(19)20)14-7-16-11-5-3-4-6-12(11)17-14/h3-7,10,13H,2,8-9H2,1H3,(H,19,20). The highest BCUT2D eigenvalue weighted by molar-refractivity contribution is 5.76. The predicted octanol–water partition coefficient (Wildman–Crippen LogP) is 1.56. The van der Waals surface area contributed by atoms with Crippen LogP contribution in [0.25, 0.3) is 11.0 Å². The maximum absolute atomic E-state index is 11.3. The molecular weight excluding hydrogens is 270 g/mol. The zero-order valence-corrected chi connectivity index (χ0v) is 11.8. The number of anilines is 1. The summed E-state index contributed by atoms with van der Waals surface area (Å²) in [4.78, 5) is 22.3. The van der Waals surface area contributed by atoms with Crippen LogP contribution in [0.5, 0.6) is 0 Å². The van der Waals surface area contributed by atoms with Crippen molar-refractivity contribution in [2.24, 2.45) is 5.92 Å². The van der Waals surface area contributed by atoms with Gasteiger partial charge in [0.15, 0.2) is 0 Å². The Morgan fingerprint density at radius 3 is 2.86 bits per heavy atom. The topological polar surface area (TPSA) is 75.5 Å². The molecule has 0 amide bonds. The molecule has 2 aromatic rings. The summed E-state index contributed by atoms with van der Waals surface area (Å²) in [6, 6.07) is 7.43. The normalized spacial score (nSPS) is 21.6. The molecule has 3 rings (SSSR count). The van der Waals surface area contributed by atoms with Crippen LogP contribution in [0.15, 0.2) is 30.5 Å². The molecule has 0 radical (unpaired) electrons. The Hall–Kier alpha value is -2.21. The van der Waals surface area contributed by atoms with Crippen LogP contribution >= 0.6 is 0 Å². The van der Waals surface area contributed by atoms with Crippen LogP contribution in [0.3, 0.4) is 0 Å². The van der Waals surface area contributed by atoms with Gasteiger partial charge in [-0.15, -0.1) is 0 Å². The zero-order valence-electron chi connectivity index (χ0n) is 11.8. The van der Waals surface area contributed by atoms with Gasteiger partial charge < -0.3 is 14.7 Å². The van der Waals surface area contributed by atoms with Gasteiger partial charge in [0.2, 0.25) is 0 Å². The highest BCUT2D eigenvalue weighted by Crippen LogP contribution is 2.25. The Kier molecular flexibility index (Phi) is 3.70. The van der Waals surface area contributed by atoms with E-state index >= 15 is 0 Å². The first-order valence-corrected chi connectivity index (χ1v) is 6.99. The first-order valence-electron chi connectivity index (χ1n) is 6.99. The van der Waals surface area contributed by atoms with Crippen LogP contribution < -0.4 is 4.90 Å². The SMILES string of the molecule is CCN(c1cnc2ccccc2n1)C1COCC1C(=O)O. The second-order valence-electron chi connectivity index (χ2n) is 5.05. The molecule has 1 saturated heterocycles. The van der Waals surface area contributed by atoms with Crippen LogP contribution in [0.1, 0.15) is 6.92 Å². The number of hydrogen-bond donors (Lipinski definition) is 1. The number of rotatable bonds is 4. The van der Waals surface area contributed by atoms with Crippen LogP contribution in [0.4, 0.5) is 5.82 Å². The van der Waals surface area contributed by atoms with Crippen molar-refractivity contribution in [1.82, 2.24) is 9.97 Å². The molecule has 1 aromatic carbocycles.